The Kier molecular flexibility index (Phi) is 5.04. The van der Waals surface area contributed by atoms with Gasteiger partial charge in [-0.05, 0) is 37.1 Å². The molecule has 144 valence electrons. The van der Waals surface area contributed by atoms with E-state index >= 15 is 0 Å². The lowest BCUT2D eigenvalue weighted by molar-refractivity contribution is -0.118. The maximum Gasteiger partial charge on any atom is 0.276 e. The summed E-state index contributed by atoms with van der Waals surface area (Å²) in [6.45, 7) is 0.332. The van der Waals surface area contributed by atoms with Crippen LogP contribution in [-0.4, -0.2) is 27.6 Å². The van der Waals surface area contributed by atoms with Crippen molar-refractivity contribution in [1.82, 2.24) is 15.1 Å². The molecule has 1 aliphatic rings. The summed E-state index contributed by atoms with van der Waals surface area (Å²) in [5.74, 6) is -1.38. The van der Waals surface area contributed by atoms with E-state index in [2.05, 4.69) is 15.1 Å². The molecule has 1 aromatic carbocycles. The first-order valence-corrected chi connectivity index (χ1v) is 9.11. The van der Waals surface area contributed by atoms with E-state index in [9.17, 15) is 13.6 Å². The summed E-state index contributed by atoms with van der Waals surface area (Å²) < 4.78 is 32.5. The monoisotopic (exact) mass is 404 g/mol. The highest BCUT2D eigenvalue weighted by molar-refractivity contribution is 6.29. The summed E-state index contributed by atoms with van der Waals surface area (Å²) in [6, 6.07) is 8.24. The van der Waals surface area contributed by atoms with Crippen LogP contribution in [0.5, 0.6) is 0 Å². The van der Waals surface area contributed by atoms with Gasteiger partial charge in [0.15, 0.2) is 5.82 Å². The van der Waals surface area contributed by atoms with Crippen LogP contribution in [0.2, 0.25) is 5.15 Å². The Balaban J connectivity index is 1.54. The predicted molar refractivity (Wildman–Crippen MR) is 97.8 cm³/mol. The van der Waals surface area contributed by atoms with Crippen LogP contribution >= 0.6 is 11.6 Å². The molecule has 9 heteroatoms. The van der Waals surface area contributed by atoms with Crippen LogP contribution in [-0.2, 0) is 4.79 Å². The molecule has 0 spiro atoms. The third-order valence-electron chi connectivity index (χ3n) is 4.60. The van der Waals surface area contributed by atoms with E-state index in [-0.39, 0.29) is 29.8 Å². The van der Waals surface area contributed by atoms with E-state index in [1.165, 1.54) is 11.0 Å². The number of amides is 1. The number of hydrogen-bond acceptors (Lipinski definition) is 5. The van der Waals surface area contributed by atoms with Crippen LogP contribution in [0.25, 0.3) is 11.6 Å². The topological polar surface area (TPSA) is 72.1 Å². The Labute approximate surface area is 164 Å². The average Bonchev–Trinajstić information content (AvgIpc) is 3.07. The molecule has 3 heterocycles. The number of carbonyl (C=O) groups is 1. The van der Waals surface area contributed by atoms with Crippen molar-refractivity contribution >= 4 is 23.2 Å². The maximum absolute atomic E-state index is 14.1. The summed E-state index contributed by atoms with van der Waals surface area (Å²) >= 11 is 5.88. The molecule has 0 radical (unpaired) electrons. The highest BCUT2D eigenvalue weighted by Crippen LogP contribution is 2.31. The van der Waals surface area contributed by atoms with E-state index in [0.717, 1.165) is 12.1 Å². The van der Waals surface area contributed by atoms with E-state index < -0.39 is 11.6 Å². The number of benzene rings is 1. The SMILES string of the molecule is O=C1CC(c2noc(-c3cccc(Cl)n3)n2)CCCN1c1ccc(F)cc1F. The Morgan fingerprint density at radius 2 is 2.04 bits per heavy atom. The molecule has 0 saturated carbocycles. The molecule has 0 bridgehead atoms. The molecule has 2 aromatic heterocycles. The number of anilines is 1. The molecular weight excluding hydrogens is 390 g/mol. The van der Waals surface area contributed by atoms with Gasteiger partial charge in [0.1, 0.15) is 22.5 Å². The fourth-order valence-corrected chi connectivity index (χ4v) is 3.41. The lowest BCUT2D eigenvalue weighted by Gasteiger charge is -2.21. The van der Waals surface area contributed by atoms with E-state index in [0.29, 0.717) is 36.1 Å². The van der Waals surface area contributed by atoms with Gasteiger partial charge in [0.2, 0.25) is 5.91 Å². The molecule has 6 nitrogen and oxygen atoms in total. The normalized spacial score (nSPS) is 17.6. The van der Waals surface area contributed by atoms with Crippen molar-refractivity contribution in [2.75, 3.05) is 11.4 Å². The number of aromatic nitrogens is 3. The van der Waals surface area contributed by atoms with Crippen LogP contribution in [0.3, 0.4) is 0 Å². The van der Waals surface area contributed by atoms with Crippen LogP contribution in [0.1, 0.15) is 31.0 Å². The number of pyridine rings is 1. The predicted octanol–water partition coefficient (Wildman–Crippen LogP) is 4.36. The smallest absolute Gasteiger partial charge is 0.276 e. The molecule has 1 aliphatic heterocycles. The maximum atomic E-state index is 14.1. The third kappa shape index (κ3) is 3.73. The van der Waals surface area contributed by atoms with Crippen LogP contribution in [0.15, 0.2) is 40.9 Å². The van der Waals surface area contributed by atoms with Crippen molar-refractivity contribution in [3.05, 3.63) is 59.0 Å². The Morgan fingerprint density at radius 3 is 2.82 bits per heavy atom. The molecule has 1 saturated heterocycles. The second-order valence-corrected chi connectivity index (χ2v) is 6.87. The molecule has 0 aliphatic carbocycles. The summed E-state index contributed by atoms with van der Waals surface area (Å²) in [5, 5.41) is 4.29. The first-order chi connectivity index (χ1) is 13.5. The van der Waals surface area contributed by atoms with Crippen molar-refractivity contribution in [1.29, 1.82) is 0 Å². The quantitative estimate of drug-likeness (QED) is 0.606. The van der Waals surface area contributed by atoms with E-state index in [1.54, 1.807) is 18.2 Å². The van der Waals surface area contributed by atoms with Crippen LogP contribution < -0.4 is 4.90 Å². The Bertz CT molecular complexity index is 1030. The molecule has 1 atom stereocenters. The minimum Gasteiger partial charge on any atom is -0.332 e. The van der Waals surface area contributed by atoms with Crippen molar-refractivity contribution in [2.24, 2.45) is 0 Å². The summed E-state index contributed by atoms with van der Waals surface area (Å²) in [5.41, 5.74) is 0.519. The Hall–Kier alpha value is -2.87. The van der Waals surface area contributed by atoms with E-state index in [4.69, 9.17) is 16.1 Å². The summed E-state index contributed by atoms with van der Waals surface area (Å²) in [6.07, 6.45) is 1.35. The largest absolute Gasteiger partial charge is 0.332 e. The zero-order valence-corrected chi connectivity index (χ0v) is 15.4. The number of nitrogens with zero attached hydrogens (tertiary/aromatic N) is 4. The van der Waals surface area contributed by atoms with Gasteiger partial charge in [0.05, 0.1) is 5.69 Å². The van der Waals surface area contributed by atoms with Gasteiger partial charge < -0.3 is 9.42 Å². The molecule has 1 unspecified atom stereocenters. The molecule has 3 aromatic rings. The molecule has 1 amide bonds. The van der Waals surface area contributed by atoms with Gasteiger partial charge in [-0.1, -0.05) is 22.8 Å². The van der Waals surface area contributed by atoms with Crippen LogP contribution in [0, 0.1) is 11.6 Å². The number of hydrogen-bond donors (Lipinski definition) is 0. The van der Waals surface area contributed by atoms with Gasteiger partial charge in [-0.15, -0.1) is 0 Å². The number of halogens is 3. The minimum absolute atomic E-state index is 0.0731. The van der Waals surface area contributed by atoms with Crippen molar-refractivity contribution in [3.8, 4) is 11.6 Å². The summed E-state index contributed by atoms with van der Waals surface area (Å²) in [4.78, 5) is 22.5. The highest BCUT2D eigenvalue weighted by Gasteiger charge is 2.30. The summed E-state index contributed by atoms with van der Waals surface area (Å²) in [7, 11) is 0. The second kappa shape index (κ2) is 7.63. The van der Waals surface area contributed by atoms with Crippen molar-refractivity contribution in [3.63, 3.8) is 0 Å². The zero-order chi connectivity index (χ0) is 19.7. The molecule has 1 fully saturated rings. The molecule has 4 rings (SSSR count). The lowest BCUT2D eigenvalue weighted by atomic mass is 10.00. The van der Waals surface area contributed by atoms with Gasteiger partial charge in [0, 0.05) is 24.9 Å². The van der Waals surface area contributed by atoms with Gasteiger partial charge in [-0.3, -0.25) is 4.79 Å². The zero-order valence-electron chi connectivity index (χ0n) is 14.6. The van der Waals surface area contributed by atoms with Gasteiger partial charge in [-0.2, -0.15) is 4.98 Å². The van der Waals surface area contributed by atoms with Crippen molar-refractivity contribution in [2.45, 2.75) is 25.2 Å². The van der Waals surface area contributed by atoms with Crippen molar-refractivity contribution < 1.29 is 18.1 Å². The van der Waals surface area contributed by atoms with Gasteiger partial charge >= 0.3 is 0 Å². The lowest BCUT2D eigenvalue weighted by Crippen LogP contribution is -2.31. The average molecular weight is 405 g/mol. The second-order valence-electron chi connectivity index (χ2n) is 6.49. The minimum atomic E-state index is -0.763. The third-order valence-corrected chi connectivity index (χ3v) is 4.81. The standard InChI is InChI=1S/C19H15ClF2N4O2/c20-16-5-1-4-14(23-16)19-24-18(25-28-19)11-3-2-8-26(17(27)9-11)15-7-6-12(21)10-13(15)22/h1,4-7,10-11H,2-3,8-9H2. The first kappa shape index (κ1) is 18.5. The fourth-order valence-electron chi connectivity index (χ4n) is 3.25. The van der Waals surface area contributed by atoms with Gasteiger partial charge in [-0.25, -0.2) is 13.8 Å². The number of carbonyl (C=O) groups excluding carboxylic acids is 1. The molecule has 28 heavy (non-hydrogen) atoms. The van der Waals surface area contributed by atoms with E-state index in [1.807, 2.05) is 0 Å². The molecule has 0 N–H and O–H groups in total. The highest BCUT2D eigenvalue weighted by atomic mass is 35.5. The van der Waals surface area contributed by atoms with Gasteiger partial charge in [0.25, 0.3) is 5.89 Å². The van der Waals surface area contributed by atoms with Crippen LogP contribution in [0.4, 0.5) is 14.5 Å². The Morgan fingerprint density at radius 1 is 1.18 bits per heavy atom. The molecular formula is C19H15ClF2N4O2. The fraction of sp³-hybridized carbons (Fsp3) is 0.263. The first-order valence-electron chi connectivity index (χ1n) is 8.73. The number of rotatable bonds is 3.